The third-order valence-corrected chi connectivity index (χ3v) is 5.33. The normalized spacial score (nSPS) is 13.7. The number of carboxylic acid groups (broad SMARTS) is 2. The molecule has 0 aliphatic carbocycles. The predicted molar refractivity (Wildman–Crippen MR) is 136 cm³/mol. The Morgan fingerprint density at radius 2 is 1.50 bits per heavy atom. The van der Waals surface area contributed by atoms with Crippen LogP contribution in [0.25, 0.3) is 0 Å². The number of guanidine groups is 1. The van der Waals surface area contributed by atoms with Gasteiger partial charge in [0.15, 0.2) is 5.96 Å². The minimum absolute atomic E-state index is 0.0123. The van der Waals surface area contributed by atoms with E-state index in [1.165, 1.54) is 31.2 Å². The first kappa shape index (κ1) is 31.6. The molecule has 1 rings (SSSR count). The van der Waals surface area contributed by atoms with Crippen LogP contribution >= 0.6 is 0 Å². The molecule has 0 heterocycles. The Morgan fingerprint density at radius 1 is 0.895 bits per heavy atom. The molecule has 3 amide bonds. The highest BCUT2D eigenvalue weighted by molar-refractivity contribution is 5.94. The number of carbonyl (C=O) groups excluding carboxylic acids is 3. The molecule has 0 aliphatic rings. The number of benzene rings is 1. The lowest BCUT2D eigenvalue weighted by atomic mass is 10.0. The highest BCUT2D eigenvalue weighted by Gasteiger charge is 2.29. The van der Waals surface area contributed by atoms with Crippen molar-refractivity contribution in [3.63, 3.8) is 0 Å². The molecule has 4 atom stereocenters. The fourth-order valence-corrected chi connectivity index (χ4v) is 3.20. The SMILES string of the molecule is CC(NC(=O)C(N)CCC(=O)O)C(=O)NC(Cc1ccc(O)cc1)C(=O)NC(CCCN=C(N)N)C(=O)O. The molecule has 0 saturated heterocycles. The molecule has 210 valence electrons. The summed E-state index contributed by atoms with van der Waals surface area (Å²) in [5.41, 5.74) is 16.7. The fourth-order valence-electron chi connectivity index (χ4n) is 3.20. The maximum atomic E-state index is 13.0. The predicted octanol–water partition coefficient (Wildman–Crippen LogP) is -2.26. The van der Waals surface area contributed by atoms with Gasteiger partial charge in [-0.15, -0.1) is 0 Å². The summed E-state index contributed by atoms with van der Waals surface area (Å²) in [6.45, 7) is 1.50. The van der Waals surface area contributed by atoms with Gasteiger partial charge in [0.1, 0.15) is 23.9 Å². The van der Waals surface area contributed by atoms with Crippen LogP contribution in [0, 0.1) is 0 Å². The molecule has 1 aromatic carbocycles. The number of carbonyl (C=O) groups is 5. The van der Waals surface area contributed by atoms with E-state index in [2.05, 4.69) is 20.9 Å². The molecule has 4 unspecified atom stereocenters. The van der Waals surface area contributed by atoms with Crippen molar-refractivity contribution in [1.29, 1.82) is 0 Å². The lowest BCUT2D eigenvalue weighted by molar-refractivity contribution is -0.142. The molecule has 12 N–H and O–H groups in total. The van der Waals surface area contributed by atoms with E-state index in [9.17, 15) is 34.2 Å². The van der Waals surface area contributed by atoms with Crippen LogP contribution in [0.1, 0.15) is 38.2 Å². The number of phenolic OH excluding ortho intramolecular Hbond substituents is 1. The van der Waals surface area contributed by atoms with Gasteiger partial charge >= 0.3 is 11.9 Å². The lowest BCUT2D eigenvalue weighted by Gasteiger charge is -2.24. The second kappa shape index (κ2) is 15.7. The van der Waals surface area contributed by atoms with Crippen molar-refractivity contribution in [3.05, 3.63) is 29.8 Å². The second-order valence-corrected chi connectivity index (χ2v) is 8.55. The summed E-state index contributed by atoms with van der Waals surface area (Å²) in [6.07, 6.45) is -0.257. The number of nitrogens with zero attached hydrogens (tertiary/aromatic N) is 1. The maximum Gasteiger partial charge on any atom is 0.326 e. The quantitative estimate of drug-likeness (QED) is 0.0616. The molecule has 0 aromatic heterocycles. The van der Waals surface area contributed by atoms with Crippen LogP contribution in [0.3, 0.4) is 0 Å². The molecule has 0 aliphatic heterocycles. The first-order chi connectivity index (χ1) is 17.8. The number of hydrogen-bond donors (Lipinski definition) is 9. The Hall–Kier alpha value is -4.40. The summed E-state index contributed by atoms with van der Waals surface area (Å²) < 4.78 is 0. The van der Waals surface area contributed by atoms with Gasteiger partial charge in [-0.1, -0.05) is 12.1 Å². The Morgan fingerprint density at radius 3 is 2.05 bits per heavy atom. The Bertz CT molecular complexity index is 1010. The van der Waals surface area contributed by atoms with E-state index in [-0.39, 0.29) is 50.4 Å². The van der Waals surface area contributed by atoms with Crippen LogP contribution in [0.2, 0.25) is 0 Å². The Labute approximate surface area is 218 Å². The minimum Gasteiger partial charge on any atom is -0.508 e. The number of aromatic hydroxyl groups is 1. The van der Waals surface area contributed by atoms with E-state index in [1.807, 2.05) is 0 Å². The van der Waals surface area contributed by atoms with Crippen molar-refractivity contribution in [1.82, 2.24) is 16.0 Å². The van der Waals surface area contributed by atoms with Crippen LogP contribution in [0.4, 0.5) is 0 Å². The fraction of sp³-hybridized carbons (Fsp3) is 0.478. The third kappa shape index (κ3) is 12.0. The first-order valence-corrected chi connectivity index (χ1v) is 11.7. The van der Waals surface area contributed by atoms with Gasteiger partial charge < -0.3 is 48.5 Å². The topological polar surface area (TPSA) is 273 Å². The van der Waals surface area contributed by atoms with Crippen molar-refractivity contribution < 1.29 is 39.3 Å². The van der Waals surface area contributed by atoms with E-state index in [1.54, 1.807) is 0 Å². The molecule has 1 aromatic rings. The zero-order valence-corrected chi connectivity index (χ0v) is 20.9. The Kier molecular flexibility index (Phi) is 13.0. The Balaban J connectivity index is 2.94. The van der Waals surface area contributed by atoms with Crippen LogP contribution < -0.4 is 33.2 Å². The summed E-state index contributed by atoms with van der Waals surface area (Å²) >= 11 is 0. The van der Waals surface area contributed by atoms with E-state index < -0.39 is 53.8 Å². The number of hydrogen-bond acceptors (Lipinski definition) is 8. The third-order valence-electron chi connectivity index (χ3n) is 5.33. The monoisotopic (exact) mass is 537 g/mol. The molecule has 15 nitrogen and oxygen atoms in total. The van der Waals surface area contributed by atoms with Crippen LogP contribution in [0.5, 0.6) is 5.75 Å². The van der Waals surface area contributed by atoms with Crippen molar-refractivity contribution in [2.24, 2.45) is 22.2 Å². The zero-order valence-electron chi connectivity index (χ0n) is 20.9. The summed E-state index contributed by atoms with van der Waals surface area (Å²) in [5.74, 6) is -4.89. The molecule has 0 spiro atoms. The number of carboxylic acids is 2. The van der Waals surface area contributed by atoms with E-state index in [0.29, 0.717) is 5.56 Å². The van der Waals surface area contributed by atoms with E-state index >= 15 is 0 Å². The second-order valence-electron chi connectivity index (χ2n) is 8.55. The molecular formula is C23H35N7O8. The largest absolute Gasteiger partial charge is 0.508 e. The van der Waals surface area contributed by atoms with Crippen LogP contribution in [-0.4, -0.2) is 81.7 Å². The number of nitrogens with one attached hydrogen (secondary N) is 3. The van der Waals surface area contributed by atoms with Gasteiger partial charge in [0.05, 0.1) is 6.04 Å². The summed E-state index contributed by atoms with van der Waals surface area (Å²) in [5, 5.41) is 35.0. The van der Waals surface area contributed by atoms with Gasteiger partial charge in [-0.25, -0.2) is 4.79 Å². The number of nitrogens with two attached hydrogens (primary N) is 3. The van der Waals surface area contributed by atoms with Crippen molar-refractivity contribution in [2.45, 2.75) is 63.2 Å². The number of aliphatic imine (C=N–C) groups is 1. The van der Waals surface area contributed by atoms with Crippen LogP contribution in [0.15, 0.2) is 29.3 Å². The maximum absolute atomic E-state index is 13.0. The lowest BCUT2D eigenvalue weighted by Crippen LogP contribution is -2.57. The summed E-state index contributed by atoms with van der Waals surface area (Å²) in [4.78, 5) is 64.1. The molecule has 0 fully saturated rings. The van der Waals surface area contributed by atoms with Gasteiger partial charge in [0.25, 0.3) is 0 Å². The van der Waals surface area contributed by atoms with E-state index in [4.69, 9.17) is 22.3 Å². The average molecular weight is 538 g/mol. The molecule has 38 heavy (non-hydrogen) atoms. The highest BCUT2D eigenvalue weighted by Crippen LogP contribution is 2.12. The minimum atomic E-state index is -1.30. The molecular weight excluding hydrogens is 502 g/mol. The zero-order chi connectivity index (χ0) is 28.8. The van der Waals surface area contributed by atoms with Gasteiger partial charge in [-0.05, 0) is 43.9 Å². The molecule has 0 radical (unpaired) electrons. The van der Waals surface area contributed by atoms with Crippen molar-refractivity contribution in [2.75, 3.05) is 6.54 Å². The highest BCUT2D eigenvalue weighted by atomic mass is 16.4. The molecule has 0 bridgehead atoms. The number of amides is 3. The van der Waals surface area contributed by atoms with Crippen molar-refractivity contribution >= 4 is 35.6 Å². The smallest absolute Gasteiger partial charge is 0.326 e. The van der Waals surface area contributed by atoms with Gasteiger partial charge in [-0.2, -0.15) is 0 Å². The molecule has 15 heteroatoms. The number of phenols is 1. The van der Waals surface area contributed by atoms with Gasteiger partial charge in [0.2, 0.25) is 17.7 Å². The van der Waals surface area contributed by atoms with Gasteiger partial charge in [0, 0.05) is 19.4 Å². The van der Waals surface area contributed by atoms with Gasteiger partial charge in [-0.3, -0.25) is 24.2 Å². The first-order valence-electron chi connectivity index (χ1n) is 11.7. The summed E-state index contributed by atoms with van der Waals surface area (Å²) in [6, 6.07) is 0.980. The standard InChI is InChI=1S/C23H35N7O8/c1-12(28-20(35)15(24)8-9-18(32)33)19(34)30-17(11-13-4-6-14(31)7-5-13)21(36)29-16(22(37)38)3-2-10-27-23(25)26/h4-7,12,15-17,31H,2-3,8-11,24H2,1H3,(H,28,35)(H,29,36)(H,30,34)(H,32,33)(H,37,38)(H4,25,26,27). The van der Waals surface area contributed by atoms with Crippen LogP contribution in [-0.2, 0) is 30.4 Å². The van der Waals surface area contributed by atoms with E-state index in [0.717, 1.165) is 0 Å². The average Bonchev–Trinajstić information content (AvgIpc) is 2.84. The number of rotatable bonds is 16. The number of aliphatic carboxylic acids is 2. The van der Waals surface area contributed by atoms with Crippen molar-refractivity contribution in [3.8, 4) is 5.75 Å². The summed E-state index contributed by atoms with van der Waals surface area (Å²) in [7, 11) is 0. The molecule has 0 saturated carbocycles.